The third kappa shape index (κ3) is 13.1. The van der Waals surface area contributed by atoms with E-state index in [1.54, 1.807) is 23.1 Å². The summed E-state index contributed by atoms with van der Waals surface area (Å²) >= 11 is 0. The molecule has 3 aliphatic rings. The molecule has 4 heterocycles. The van der Waals surface area contributed by atoms with Gasteiger partial charge < -0.3 is 26.0 Å². The number of aliphatic imine (C=N–C) groups is 1. The van der Waals surface area contributed by atoms with Crippen molar-refractivity contribution in [1.82, 2.24) is 19.9 Å². The quantitative estimate of drug-likeness (QED) is 0.0866. The number of nitrogens with zero attached hydrogens (tertiary/aromatic N) is 6. The number of nitrogens with two attached hydrogens (primary N) is 2. The van der Waals surface area contributed by atoms with Crippen LogP contribution in [0.25, 0.3) is 21.8 Å². The Labute approximate surface area is 472 Å². The highest BCUT2D eigenvalue weighted by Crippen LogP contribution is 2.51. The predicted octanol–water partition coefficient (Wildman–Crippen LogP) is 15.3. The van der Waals surface area contributed by atoms with Crippen LogP contribution in [0.1, 0.15) is 127 Å². The van der Waals surface area contributed by atoms with Crippen LogP contribution in [0.2, 0.25) is 0 Å². The first-order chi connectivity index (χ1) is 39.3. The number of benzene rings is 4. The summed E-state index contributed by atoms with van der Waals surface area (Å²) in [5, 5.41) is 1.38. The molecule has 21 heteroatoms. The van der Waals surface area contributed by atoms with Crippen LogP contribution in [-0.2, 0) is 61.0 Å². The van der Waals surface area contributed by atoms with Crippen LogP contribution < -0.4 is 16.4 Å². The zero-order valence-electron chi connectivity index (χ0n) is 45.3. The summed E-state index contributed by atoms with van der Waals surface area (Å²) in [5.74, 6) is -0.482. The van der Waals surface area contributed by atoms with E-state index in [9.17, 15) is 52.7 Å². The molecule has 440 valence electrons. The average Bonchev–Trinajstić information content (AvgIpc) is 4.04. The lowest BCUT2D eigenvalue weighted by molar-refractivity contribution is -0.144. The number of rotatable bonds is 17. The van der Waals surface area contributed by atoms with E-state index >= 15 is 0 Å². The van der Waals surface area contributed by atoms with E-state index in [0.29, 0.717) is 87.8 Å². The molecule has 2 fully saturated rings. The summed E-state index contributed by atoms with van der Waals surface area (Å²) in [7, 11) is 0. The van der Waals surface area contributed by atoms with Crippen LogP contribution in [0.5, 0.6) is 0 Å². The normalized spacial score (nSPS) is 17.6. The minimum Gasteiger partial charge on any atom is -0.463 e. The maximum absolute atomic E-state index is 14.4. The fourth-order valence-corrected chi connectivity index (χ4v) is 12.9. The number of fused-ring (bicyclic) bond motifs is 2. The molecular formula is C62H62F12N8O. The molecule has 0 spiro atoms. The van der Waals surface area contributed by atoms with Crippen LogP contribution in [0.3, 0.4) is 0 Å². The summed E-state index contributed by atoms with van der Waals surface area (Å²) in [6, 6.07) is 24.7. The molecule has 2 saturated carbocycles. The predicted molar refractivity (Wildman–Crippen MR) is 293 cm³/mol. The smallest absolute Gasteiger partial charge is 0.416 e. The first kappa shape index (κ1) is 59.2. The first-order valence-corrected chi connectivity index (χ1v) is 27.8. The number of amidine groups is 1. The molecule has 4 N–H and O–H groups in total. The molecule has 2 aliphatic carbocycles. The Morgan fingerprint density at radius 2 is 1.06 bits per heavy atom. The highest BCUT2D eigenvalue weighted by molar-refractivity contribution is 5.81. The molecule has 10 rings (SSSR count). The summed E-state index contributed by atoms with van der Waals surface area (Å²) in [4.78, 5) is 23.2. The van der Waals surface area contributed by atoms with Crippen molar-refractivity contribution in [3.05, 3.63) is 177 Å². The molecule has 4 unspecified atom stereocenters. The van der Waals surface area contributed by atoms with Gasteiger partial charge in [-0.25, -0.2) is 9.98 Å². The highest BCUT2D eigenvalue weighted by Gasteiger charge is 2.52. The number of para-hydroxylation sites is 2. The lowest BCUT2D eigenvalue weighted by Gasteiger charge is -2.49. The maximum Gasteiger partial charge on any atom is 0.416 e. The van der Waals surface area contributed by atoms with Crippen molar-refractivity contribution < 1.29 is 57.4 Å². The molecule has 0 bridgehead atoms. The minimum atomic E-state index is -5.11. The third-order valence-electron chi connectivity index (χ3n) is 16.8. The van der Waals surface area contributed by atoms with E-state index in [-0.39, 0.29) is 73.2 Å². The van der Waals surface area contributed by atoms with Gasteiger partial charge in [0.15, 0.2) is 0 Å². The summed E-state index contributed by atoms with van der Waals surface area (Å²) in [5.41, 5.74) is 11.4. The Bertz CT molecular complexity index is 3380. The van der Waals surface area contributed by atoms with Crippen molar-refractivity contribution >= 4 is 33.6 Å². The molecule has 1 aliphatic heterocycles. The number of pyridine rings is 3. The van der Waals surface area contributed by atoms with Crippen LogP contribution >= 0.6 is 0 Å². The van der Waals surface area contributed by atoms with E-state index in [1.807, 2.05) is 67.6 Å². The monoisotopic (exact) mass is 1160 g/mol. The summed E-state index contributed by atoms with van der Waals surface area (Å²) in [6.45, 7) is 0.975. The third-order valence-corrected chi connectivity index (χ3v) is 16.8. The Balaban J connectivity index is 1.16. The Kier molecular flexibility index (Phi) is 16.8. The molecule has 0 amide bonds. The molecule has 4 aromatic carbocycles. The fourth-order valence-electron chi connectivity index (χ4n) is 12.9. The number of halogens is 12. The SMILES string of the molecule is CC(N)C(CC1CCCC1)(c1nc2ccccc2cc1CN(Cc1cc(C(F)(F)F)cc(C(F)(F)F)c1)c1ccccn1)C(N)C(c1nc2ccccc2cc1CN(Cc1cc(C(F)(F)F)cc(C(F)(F)F)c1)C1=NCCO1)C1CCCC1. The van der Waals surface area contributed by atoms with Crippen molar-refractivity contribution in [2.75, 3.05) is 18.1 Å². The standard InChI is InChI=1S/C62H62F12N8O/c1-37(75)58(32-38-12-2-3-13-38,56-45(29-43-17-7-9-19-51(43)80-56)36-81(52-20-10-11-21-77-52)33-39-24-46(59(63,64)65)30-47(25-39)60(66,67)68)55(76)53(41-14-4-5-15-41)54-44(28-42-16-6-8-18-50(42)79-54)35-82(57-78-22-23-83-57)34-40-26-48(61(69,70)71)31-49(27-40)62(72,73)74/h6-11,16-21,24-31,37-38,41,53,55H,2-5,12-15,22-23,32-36,75-76H2,1H3. The number of hydrogen-bond acceptors (Lipinski definition) is 9. The van der Waals surface area contributed by atoms with Crippen LogP contribution in [0.4, 0.5) is 58.5 Å². The van der Waals surface area contributed by atoms with Gasteiger partial charge in [-0.05, 0) is 133 Å². The lowest BCUT2D eigenvalue weighted by Crippen LogP contribution is -2.60. The van der Waals surface area contributed by atoms with Gasteiger partial charge in [-0.15, -0.1) is 0 Å². The number of hydrogen-bond donors (Lipinski definition) is 2. The zero-order valence-corrected chi connectivity index (χ0v) is 45.3. The Morgan fingerprint density at radius 1 is 0.566 bits per heavy atom. The molecule has 9 nitrogen and oxygen atoms in total. The van der Waals surface area contributed by atoms with E-state index in [2.05, 4.69) is 9.98 Å². The van der Waals surface area contributed by atoms with E-state index in [4.69, 9.17) is 26.2 Å². The molecule has 3 aromatic heterocycles. The Morgan fingerprint density at radius 3 is 1.57 bits per heavy atom. The minimum absolute atomic E-state index is 0.0187. The van der Waals surface area contributed by atoms with E-state index in [0.717, 1.165) is 38.5 Å². The second-order valence-electron chi connectivity index (χ2n) is 22.4. The number of anilines is 1. The zero-order chi connectivity index (χ0) is 59.1. The number of aromatic nitrogens is 3. The van der Waals surface area contributed by atoms with Gasteiger partial charge in [0.2, 0.25) is 0 Å². The van der Waals surface area contributed by atoms with E-state index < -0.39 is 83.5 Å². The average molecular weight is 1160 g/mol. The topological polar surface area (TPSA) is 119 Å². The number of ether oxygens (including phenoxy) is 1. The molecule has 83 heavy (non-hydrogen) atoms. The highest BCUT2D eigenvalue weighted by atomic mass is 19.4. The van der Waals surface area contributed by atoms with Gasteiger partial charge >= 0.3 is 24.7 Å². The summed E-state index contributed by atoms with van der Waals surface area (Å²) < 4.78 is 178. The van der Waals surface area contributed by atoms with Crippen molar-refractivity contribution in [2.24, 2.45) is 28.3 Å². The lowest BCUT2D eigenvalue weighted by atomic mass is 9.59. The van der Waals surface area contributed by atoms with Crippen LogP contribution in [-0.4, -0.2) is 51.1 Å². The van der Waals surface area contributed by atoms with Crippen molar-refractivity contribution in [1.29, 1.82) is 0 Å². The van der Waals surface area contributed by atoms with Gasteiger partial charge in [0, 0.05) is 66.6 Å². The van der Waals surface area contributed by atoms with Crippen LogP contribution in [0, 0.1) is 11.8 Å². The Hall–Kier alpha value is -7.00. The maximum atomic E-state index is 14.4. The first-order valence-electron chi connectivity index (χ1n) is 27.8. The van der Waals surface area contributed by atoms with Crippen molar-refractivity contribution in [2.45, 2.75) is 139 Å². The summed E-state index contributed by atoms with van der Waals surface area (Å²) in [6.07, 6.45) is -11.9. The molecule has 0 saturated heterocycles. The van der Waals surface area contributed by atoms with Crippen molar-refractivity contribution in [3.63, 3.8) is 0 Å². The number of alkyl halides is 12. The van der Waals surface area contributed by atoms with Gasteiger partial charge in [-0.1, -0.05) is 81.0 Å². The molecular weight excluding hydrogens is 1100 g/mol. The second-order valence-corrected chi connectivity index (χ2v) is 22.4. The second kappa shape index (κ2) is 23.6. The van der Waals surface area contributed by atoms with Gasteiger partial charge in [-0.2, -0.15) is 52.7 Å². The van der Waals surface area contributed by atoms with E-state index in [1.165, 1.54) is 11.1 Å². The molecule has 0 radical (unpaired) electrons. The van der Waals surface area contributed by atoms with Crippen LogP contribution in [0.15, 0.2) is 126 Å². The fraction of sp³-hybridized carbons (Fsp3) is 0.419. The van der Waals surface area contributed by atoms with Gasteiger partial charge in [0.1, 0.15) is 12.4 Å². The van der Waals surface area contributed by atoms with Crippen molar-refractivity contribution in [3.8, 4) is 0 Å². The van der Waals surface area contributed by atoms with Gasteiger partial charge in [-0.3, -0.25) is 9.97 Å². The van der Waals surface area contributed by atoms with Gasteiger partial charge in [0.05, 0.1) is 51.2 Å². The molecule has 7 aromatic rings. The largest absolute Gasteiger partial charge is 0.463 e. The molecule has 4 atom stereocenters. The van der Waals surface area contributed by atoms with Gasteiger partial charge in [0.25, 0.3) is 6.02 Å².